The van der Waals surface area contributed by atoms with Gasteiger partial charge in [-0.1, -0.05) is 26.8 Å². The lowest BCUT2D eigenvalue weighted by molar-refractivity contribution is -0.158. The van der Waals surface area contributed by atoms with Crippen LogP contribution in [0.2, 0.25) is 0 Å². The Morgan fingerprint density at radius 2 is 1.81 bits per heavy atom. The summed E-state index contributed by atoms with van der Waals surface area (Å²) in [6.07, 6.45) is -3.54. The highest BCUT2D eigenvalue weighted by atomic mass is 19.4. The number of nitrogens with zero attached hydrogens (tertiary/aromatic N) is 5. The number of morpholine rings is 1. The molecule has 0 spiro atoms. The molecule has 11 nitrogen and oxygen atoms in total. The van der Waals surface area contributed by atoms with Gasteiger partial charge < -0.3 is 19.9 Å². The number of benzene rings is 2. The molecule has 0 radical (unpaired) electrons. The summed E-state index contributed by atoms with van der Waals surface area (Å²) in [5.41, 5.74) is -3.18. The van der Waals surface area contributed by atoms with E-state index in [1.165, 1.54) is 42.5 Å². The SMILES string of the molecule is CN1[C@@H](C(C)(C)C)C(O)=C(C(=O)Nc2ccc(C(F)(F)F)cc2-c2ccnc(C#N)c2)C(=O)N1Cc1ccc(OCCN2CCOCC2)c(F)c1F. The number of anilines is 1. The summed E-state index contributed by atoms with van der Waals surface area (Å²) in [5, 5.41) is 25.5. The molecule has 0 saturated carbocycles. The molecule has 2 aliphatic rings. The Labute approximate surface area is 296 Å². The van der Waals surface area contributed by atoms with E-state index in [-0.39, 0.29) is 40.4 Å². The third-order valence-electron chi connectivity index (χ3n) is 8.76. The number of nitriles is 1. The molecule has 1 aromatic heterocycles. The van der Waals surface area contributed by atoms with Crippen molar-refractivity contribution in [1.82, 2.24) is 19.9 Å². The summed E-state index contributed by atoms with van der Waals surface area (Å²) >= 11 is 0. The lowest BCUT2D eigenvalue weighted by Crippen LogP contribution is -2.59. The first-order valence-corrected chi connectivity index (χ1v) is 16.3. The van der Waals surface area contributed by atoms with Gasteiger partial charge in [0.2, 0.25) is 5.82 Å². The first-order valence-electron chi connectivity index (χ1n) is 16.3. The van der Waals surface area contributed by atoms with Crippen LogP contribution >= 0.6 is 0 Å². The fourth-order valence-electron chi connectivity index (χ4n) is 6.19. The average Bonchev–Trinajstić information content (AvgIpc) is 3.09. The number of ether oxygens (including phenoxy) is 2. The summed E-state index contributed by atoms with van der Waals surface area (Å²) in [6, 6.07) is 8.33. The second-order valence-corrected chi connectivity index (χ2v) is 13.4. The Morgan fingerprint density at radius 1 is 1.10 bits per heavy atom. The number of rotatable bonds is 9. The minimum absolute atomic E-state index is 0.0974. The molecule has 2 amide bonds. The number of likely N-dealkylation sites (N-methyl/N-ethyl adjacent to an activating group) is 1. The number of halogens is 5. The van der Waals surface area contributed by atoms with E-state index >= 15 is 8.78 Å². The zero-order valence-corrected chi connectivity index (χ0v) is 28.9. The number of pyridine rings is 1. The lowest BCUT2D eigenvalue weighted by atomic mass is 9.82. The molecule has 2 N–H and O–H groups in total. The maximum absolute atomic E-state index is 15.5. The number of carbonyl (C=O) groups excluding carboxylic acids is 2. The number of aromatic nitrogens is 1. The summed E-state index contributed by atoms with van der Waals surface area (Å²) in [4.78, 5) is 33.8. The van der Waals surface area contributed by atoms with E-state index in [0.717, 1.165) is 23.2 Å². The van der Waals surface area contributed by atoms with Crippen LogP contribution in [0.4, 0.5) is 27.6 Å². The van der Waals surface area contributed by atoms with Crippen LogP contribution in [-0.4, -0.2) is 89.4 Å². The maximum atomic E-state index is 15.5. The smallest absolute Gasteiger partial charge is 0.416 e. The van der Waals surface area contributed by atoms with Crippen LogP contribution in [0.3, 0.4) is 0 Å². The number of alkyl halides is 3. The van der Waals surface area contributed by atoms with Crippen molar-refractivity contribution in [3.8, 4) is 22.9 Å². The summed E-state index contributed by atoms with van der Waals surface area (Å²) < 4.78 is 82.7. The molecular formula is C36H37F5N6O5. The normalized spacial score (nSPS) is 17.7. The quantitative estimate of drug-likeness (QED) is 0.211. The van der Waals surface area contributed by atoms with Gasteiger partial charge in [-0.05, 0) is 47.4 Å². The van der Waals surface area contributed by atoms with Crippen LogP contribution in [0.15, 0.2) is 60.0 Å². The number of carbonyl (C=O) groups is 2. The van der Waals surface area contributed by atoms with Crippen molar-refractivity contribution >= 4 is 17.5 Å². The van der Waals surface area contributed by atoms with Crippen molar-refractivity contribution in [2.75, 3.05) is 51.8 Å². The first kappa shape index (κ1) is 38.1. The molecule has 3 heterocycles. The number of hydrogen-bond donors (Lipinski definition) is 2. The Hall–Kier alpha value is -5.11. The van der Waals surface area contributed by atoms with Crippen LogP contribution in [0.5, 0.6) is 5.75 Å². The van der Waals surface area contributed by atoms with Gasteiger partial charge in [0.25, 0.3) is 11.8 Å². The molecule has 276 valence electrons. The van der Waals surface area contributed by atoms with Gasteiger partial charge in [-0.15, -0.1) is 0 Å². The Balaban J connectivity index is 1.45. The van der Waals surface area contributed by atoms with Crippen molar-refractivity contribution in [2.24, 2.45) is 5.41 Å². The second-order valence-electron chi connectivity index (χ2n) is 13.4. The van der Waals surface area contributed by atoms with E-state index in [2.05, 4.69) is 15.2 Å². The monoisotopic (exact) mass is 728 g/mol. The zero-order chi connectivity index (χ0) is 38.0. The molecule has 0 unspecified atom stereocenters. The fourth-order valence-corrected chi connectivity index (χ4v) is 6.19. The van der Waals surface area contributed by atoms with Crippen molar-refractivity contribution < 1.29 is 46.1 Å². The molecule has 0 aliphatic carbocycles. The third-order valence-corrected chi connectivity index (χ3v) is 8.76. The zero-order valence-electron chi connectivity index (χ0n) is 28.9. The van der Waals surface area contributed by atoms with E-state index in [9.17, 15) is 33.1 Å². The van der Waals surface area contributed by atoms with Crippen LogP contribution in [-0.2, 0) is 27.0 Å². The molecule has 0 bridgehead atoms. The number of hydrogen-bond acceptors (Lipinski definition) is 9. The molecule has 5 rings (SSSR count). The maximum Gasteiger partial charge on any atom is 0.416 e. The molecule has 2 aromatic carbocycles. The number of hydrazine groups is 1. The number of nitrogens with one attached hydrogen (secondary N) is 1. The van der Waals surface area contributed by atoms with Crippen LogP contribution in [0, 0.1) is 28.4 Å². The van der Waals surface area contributed by atoms with Crippen LogP contribution in [0.25, 0.3) is 11.1 Å². The predicted molar refractivity (Wildman–Crippen MR) is 178 cm³/mol. The highest BCUT2D eigenvalue weighted by Gasteiger charge is 2.46. The highest BCUT2D eigenvalue weighted by molar-refractivity contribution is 6.24. The number of aliphatic hydroxyl groups excluding tert-OH is 1. The van der Waals surface area contributed by atoms with E-state index in [1.54, 1.807) is 26.8 Å². The van der Waals surface area contributed by atoms with Gasteiger partial charge >= 0.3 is 6.18 Å². The topological polar surface area (TPSA) is 131 Å². The standard InChI is InChI=1S/C36H37F5N6O5/c1-35(2,3)32-31(48)28(33(49)44-26-7-6-23(36(39,40)41)18-25(26)21-9-10-43-24(17-21)19-42)34(50)47(45(32)4)20-22-5-8-27(30(38)29(22)37)52-16-13-46-11-14-51-15-12-46/h5-10,17-18,32,48H,11-16,20H2,1-4H3,(H,44,49)/t32-/m1/s1. The van der Waals surface area contributed by atoms with E-state index in [1.807, 2.05) is 0 Å². The summed E-state index contributed by atoms with van der Waals surface area (Å²) in [7, 11) is 1.44. The largest absolute Gasteiger partial charge is 0.509 e. The third kappa shape index (κ3) is 8.17. The van der Waals surface area contributed by atoms with E-state index in [0.29, 0.717) is 32.8 Å². The van der Waals surface area contributed by atoms with Gasteiger partial charge in [-0.3, -0.25) is 19.5 Å². The summed E-state index contributed by atoms with van der Waals surface area (Å²) in [6.45, 7) is 7.71. The van der Waals surface area contributed by atoms with Gasteiger partial charge in [0.1, 0.15) is 29.7 Å². The minimum Gasteiger partial charge on any atom is -0.509 e. The van der Waals surface area contributed by atoms with Crippen LogP contribution in [0.1, 0.15) is 37.6 Å². The first-order chi connectivity index (χ1) is 24.5. The van der Waals surface area contributed by atoms with E-state index < -0.39 is 64.5 Å². The average molecular weight is 729 g/mol. The minimum atomic E-state index is -4.75. The Morgan fingerprint density at radius 3 is 2.46 bits per heavy atom. The number of aliphatic hydroxyl groups is 1. The van der Waals surface area contributed by atoms with Gasteiger partial charge in [0.05, 0.1) is 31.4 Å². The molecule has 16 heteroatoms. The summed E-state index contributed by atoms with van der Waals surface area (Å²) in [5.74, 6) is -5.73. The van der Waals surface area contributed by atoms with Crippen molar-refractivity contribution in [2.45, 2.75) is 39.5 Å². The molecular weight excluding hydrogens is 691 g/mol. The molecule has 52 heavy (non-hydrogen) atoms. The fraction of sp³-hybridized carbons (Fsp3) is 0.389. The second kappa shape index (κ2) is 15.2. The van der Waals surface area contributed by atoms with Crippen molar-refractivity contribution in [3.63, 3.8) is 0 Å². The highest BCUT2D eigenvalue weighted by Crippen LogP contribution is 2.39. The van der Waals surface area contributed by atoms with Crippen LogP contribution < -0.4 is 10.1 Å². The molecule has 1 fully saturated rings. The van der Waals surface area contributed by atoms with E-state index in [4.69, 9.17) is 9.47 Å². The van der Waals surface area contributed by atoms with Crippen molar-refractivity contribution in [3.05, 3.63) is 88.4 Å². The van der Waals surface area contributed by atoms with Gasteiger partial charge in [-0.2, -0.15) is 22.8 Å². The molecule has 1 atom stereocenters. The Kier molecular flexibility index (Phi) is 11.2. The molecule has 1 saturated heterocycles. The van der Waals surface area contributed by atoms with Crippen molar-refractivity contribution in [1.29, 1.82) is 5.26 Å². The van der Waals surface area contributed by atoms with Gasteiger partial charge in [-0.25, -0.2) is 14.4 Å². The van der Waals surface area contributed by atoms with Gasteiger partial charge in [0, 0.05) is 49.7 Å². The number of amides is 2. The lowest BCUT2D eigenvalue weighted by Gasteiger charge is -2.46. The molecule has 2 aliphatic heterocycles. The van der Waals surface area contributed by atoms with Gasteiger partial charge in [0.15, 0.2) is 11.6 Å². The Bertz CT molecular complexity index is 1920. The predicted octanol–water partition coefficient (Wildman–Crippen LogP) is 5.68. The molecule has 3 aromatic rings.